The predicted molar refractivity (Wildman–Crippen MR) is 144 cm³/mol. The Morgan fingerprint density at radius 2 is 1.80 bits per heavy atom. The number of Topliss-reactive ketones (excluding diaryl/α,β-unsaturated/α-hetero) is 2. The number of carboxylic acid groups (broad SMARTS) is 2. The fraction of sp³-hybridized carbons (Fsp3) is 0.556. The maximum Gasteiger partial charge on any atom is 0.321 e. The van der Waals surface area contributed by atoms with Gasteiger partial charge < -0.3 is 40.5 Å². The Balaban J connectivity index is 1.76. The molecule has 0 radical (unpaired) electrons. The number of aliphatic hydroxyl groups excluding tert-OH is 1. The molecular weight excluding hydrogens is 544 g/mol. The second-order valence-electron chi connectivity index (χ2n) is 10.6. The first-order valence-corrected chi connectivity index (χ1v) is 14.0. The molecule has 0 bridgehead atoms. The molecule has 0 unspecified atom stereocenters. The molecule has 1 fully saturated rings. The molecule has 6 N–H and O–H groups in total. The molecular formula is C27H34N2O10S. The molecule has 2 aliphatic heterocycles. The maximum atomic E-state index is 13.9. The number of ketones is 2. The largest absolute Gasteiger partial charge is 0.507 e. The number of aromatic hydroxyl groups is 1. The zero-order valence-electron chi connectivity index (χ0n) is 22.6. The van der Waals surface area contributed by atoms with Crippen LogP contribution < -0.4 is 5.73 Å². The summed E-state index contributed by atoms with van der Waals surface area (Å²) in [6, 6.07) is 1.40. The Kier molecular flexibility index (Phi) is 8.74. The standard InChI is InChI=1S/C27H34N2O10S/c1-10-19-21(26(17(38-10)8-18(30)31)40-9-14(28)27(36)37)24(34)13-6-5-12(23(33)20(13)25(19)35)16-7-15(29(3)4)22(32)11(2)39-16/h5-6,10-11,14-17,22,26,32-33H,7-9,28H2,1-4H3,(H,30,31)(H,36,37)/t10-,11-,14+,15-,16-,17-,22-,26+/m1/s1. The second-order valence-corrected chi connectivity index (χ2v) is 11.8. The van der Waals surface area contributed by atoms with E-state index in [9.17, 15) is 39.6 Å². The van der Waals surface area contributed by atoms with Crippen LogP contribution in [0.5, 0.6) is 5.75 Å². The van der Waals surface area contributed by atoms with Gasteiger partial charge >= 0.3 is 11.9 Å². The van der Waals surface area contributed by atoms with E-state index in [4.69, 9.17) is 15.2 Å². The topological polar surface area (TPSA) is 197 Å². The molecule has 1 aromatic rings. The lowest BCUT2D eigenvalue weighted by Crippen LogP contribution is -2.50. The monoisotopic (exact) mass is 578 g/mol. The highest BCUT2D eigenvalue weighted by Crippen LogP contribution is 2.46. The van der Waals surface area contributed by atoms with Gasteiger partial charge in [0.25, 0.3) is 0 Å². The lowest BCUT2D eigenvalue weighted by atomic mass is 9.76. The van der Waals surface area contributed by atoms with Crippen LogP contribution in [0.1, 0.15) is 59.1 Å². The van der Waals surface area contributed by atoms with Crippen molar-refractivity contribution in [2.45, 2.75) is 74.5 Å². The number of rotatable bonds is 8. The number of hydrogen-bond acceptors (Lipinski definition) is 11. The zero-order valence-corrected chi connectivity index (χ0v) is 23.4. The fourth-order valence-electron chi connectivity index (χ4n) is 5.66. The van der Waals surface area contributed by atoms with Crippen LogP contribution in [0.15, 0.2) is 23.3 Å². The van der Waals surface area contributed by atoms with E-state index in [2.05, 4.69) is 0 Å². The molecule has 8 atom stereocenters. The van der Waals surface area contributed by atoms with E-state index in [1.54, 1.807) is 6.92 Å². The molecule has 218 valence electrons. The summed E-state index contributed by atoms with van der Waals surface area (Å²) >= 11 is 0.950. The molecule has 12 nitrogen and oxygen atoms in total. The lowest BCUT2D eigenvalue weighted by molar-refractivity contribution is -0.142. The normalized spacial score (nSPS) is 31.1. The molecule has 1 aromatic carbocycles. The highest BCUT2D eigenvalue weighted by Gasteiger charge is 2.48. The summed E-state index contributed by atoms with van der Waals surface area (Å²) in [6.07, 6.45) is -4.10. The van der Waals surface area contributed by atoms with Crippen LogP contribution in [-0.2, 0) is 19.1 Å². The van der Waals surface area contributed by atoms with Crippen molar-refractivity contribution in [1.82, 2.24) is 4.90 Å². The quantitative estimate of drug-likeness (QED) is 0.293. The number of aliphatic hydroxyl groups is 1. The minimum absolute atomic E-state index is 0.00694. The third kappa shape index (κ3) is 5.41. The number of ether oxygens (including phenoxy) is 2. The number of phenols is 1. The Hall–Kier alpha value is -2.81. The minimum atomic E-state index is -1.28. The SMILES string of the molecule is C[C@H]1O[C@H](CC(=O)O)[C@H](SC[C@H](N)C(=O)O)C2=C1C(=O)c1c(ccc([C@H]3C[C@@H](N(C)C)[C@H](O)[C@@H](C)O3)c1O)C2=O. The van der Waals surface area contributed by atoms with Crippen LogP contribution in [-0.4, -0.2) is 110 Å². The number of carboxylic acids is 2. The fourth-order valence-corrected chi connectivity index (χ4v) is 7.00. The summed E-state index contributed by atoms with van der Waals surface area (Å²) in [6.45, 7) is 3.25. The third-order valence-corrected chi connectivity index (χ3v) is 9.19. The molecule has 0 saturated carbocycles. The van der Waals surface area contributed by atoms with E-state index in [-0.39, 0.29) is 34.1 Å². The van der Waals surface area contributed by atoms with Gasteiger partial charge in [0, 0.05) is 34.1 Å². The van der Waals surface area contributed by atoms with Crippen LogP contribution in [0.3, 0.4) is 0 Å². The molecule has 13 heteroatoms. The highest BCUT2D eigenvalue weighted by atomic mass is 32.2. The first kappa shape index (κ1) is 30.2. The number of carbonyl (C=O) groups excluding carboxylic acids is 2. The molecule has 2 heterocycles. The van der Waals surface area contributed by atoms with Gasteiger partial charge in [0.1, 0.15) is 11.8 Å². The van der Waals surface area contributed by atoms with Crippen molar-refractivity contribution in [1.29, 1.82) is 0 Å². The molecule has 40 heavy (non-hydrogen) atoms. The van der Waals surface area contributed by atoms with Gasteiger partial charge in [0.05, 0.1) is 47.8 Å². The van der Waals surface area contributed by atoms with Crippen LogP contribution in [0, 0.1) is 0 Å². The van der Waals surface area contributed by atoms with Gasteiger partial charge in [0.15, 0.2) is 11.6 Å². The van der Waals surface area contributed by atoms with Gasteiger partial charge in [-0.15, -0.1) is 11.8 Å². The van der Waals surface area contributed by atoms with Crippen molar-refractivity contribution in [2.75, 3.05) is 19.8 Å². The molecule has 1 saturated heterocycles. The maximum absolute atomic E-state index is 13.9. The number of nitrogens with two attached hydrogens (primary N) is 1. The molecule has 3 aliphatic rings. The van der Waals surface area contributed by atoms with Gasteiger partial charge in [-0.2, -0.15) is 0 Å². The van der Waals surface area contributed by atoms with E-state index < -0.39 is 77.5 Å². The number of aliphatic carboxylic acids is 2. The number of nitrogens with zero attached hydrogens (tertiary/aromatic N) is 1. The summed E-state index contributed by atoms with van der Waals surface area (Å²) in [4.78, 5) is 52.5. The van der Waals surface area contributed by atoms with Gasteiger partial charge in [-0.05, 0) is 40.4 Å². The van der Waals surface area contributed by atoms with E-state index >= 15 is 0 Å². The highest BCUT2D eigenvalue weighted by molar-refractivity contribution is 8.00. The zero-order chi connectivity index (χ0) is 29.6. The Morgan fingerprint density at radius 1 is 1.12 bits per heavy atom. The lowest BCUT2D eigenvalue weighted by Gasteiger charge is -2.42. The van der Waals surface area contributed by atoms with Crippen molar-refractivity contribution in [2.24, 2.45) is 5.73 Å². The smallest absolute Gasteiger partial charge is 0.321 e. The summed E-state index contributed by atoms with van der Waals surface area (Å²) < 4.78 is 11.9. The van der Waals surface area contributed by atoms with Gasteiger partial charge in [-0.1, -0.05) is 6.07 Å². The Labute approximate surface area is 235 Å². The molecule has 1 aliphatic carbocycles. The van der Waals surface area contributed by atoms with Crippen molar-refractivity contribution in [3.63, 3.8) is 0 Å². The summed E-state index contributed by atoms with van der Waals surface area (Å²) in [5.41, 5.74) is 5.76. The van der Waals surface area contributed by atoms with Gasteiger partial charge in [-0.3, -0.25) is 19.2 Å². The van der Waals surface area contributed by atoms with Crippen molar-refractivity contribution in [3.05, 3.63) is 40.0 Å². The predicted octanol–water partition coefficient (Wildman–Crippen LogP) is 0.985. The molecule has 4 rings (SSSR count). The summed E-state index contributed by atoms with van der Waals surface area (Å²) in [7, 11) is 3.65. The number of benzene rings is 1. The van der Waals surface area contributed by atoms with Crippen LogP contribution in [0.4, 0.5) is 0 Å². The van der Waals surface area contributed by atoms with E-state index in [1.807, 2.05) is 19.0 Å². The average Bonchev–Trinajstić information content (AvgIpc) is 2.87. The summed E-state index contributed by atoms with van der Waals surface area (Å²) in [5.74, 6) is -4.21. The number of fused-ring (bicyclic) bond motifs is 1. The third-order valence-electron chi connectivity index (χ3n) is 7.74. The first-order valence-electron chi connectivity index (χ1n) is 12.9. The number of likely N-dealkylation sites (N-methyl/N-ethyl adjacent to an activating group) is 1. The van der Waals surface area contributed by atoms with Gasteiger partial charge in [0.2, 0.25) is 0 Å². The van der Waals surface area contributed by atoms with Crippen molar-refractivity contribution >= 4 is 35.3 Å². The van der Waals surface area contributed by atoms with Crippen molar-refractivity contribution in [3.8, 4) is 5.75 Å². The molecule has 0 amide bonds. The number of carbonyl (C=O) groups is 4. The van der Waals surface area contributed by atoms with E-state index in [1.165, 1.54) is 19.1 Å². The van der Waals surface area contributed by atoms with Crippen LogP contribution in [0.25, 0.3) is 0 Å². The van der Waals surface area contributed by atoms with Crippen molar-refractivity contribution < 1.29 is 49.1 Å². The van der Waals surface area contributed by atoms with E-state index in [0.717, 1.165) is 11.8 Å². The molecule has 0 aromatic heterocycles. The summed E-state index contributed by atoms with van der Waals surface area (Å²) in [5, 5.41) is 39.6. The van der Waals surface area contributed by atoms with Gasteiger partial charge in [-0.25, -0.2) is 0 Å². The number of thioether (sulfide) groups is 1. The number of hydrogen-bond donors (Lipinski definition) is 5. The van der Waals surface area contributed by atoms with Crippen LogP contribution >= 0.6 is 11.8 Å². The average molecular weight is 579 g/mol. The van der Waals surface area contributed by atoms with Crippen LogP contribution in [0.2, 0.25) is 0 Å². The Morgan fingerprint density at radius 3 is 2.40 bits per heavy atom. The minimum Gasteiger partial charge on any atom is -0.507 e. The number of phenolic OH excluding ortho intramolecular Hbond substituents is 1. The first-order chi connectivity index (χ1) is 18.7. The van der Waals surface area contributed by atoms with E-state index in [0.29, 0.717) is 12.0 Å². The molecule has 0 spiro atoms. The second kappa shape index (κ2) is 11.6. The Bertz CT molecular complexity index is 1260.